The second-order valence-electron chi connectivity index (χ2n) is 15.6. The number of ether oxygens (including phenoxy) is 8. The second kappa shape index (κ2) is 22.6. The molecule has 0 saturated heterocycles. The van der Waals surface area contributed by atoms with Crippen LogP contribution in [0, 0.1) is 0 Å². The van der Waals surface area contributed by atoms with Gasteiger partial charge in [-0.15, -0.1) is 0 Å². The van der Waals surface area contributed by atoms with Crippen molar-refractivity contribution >= 4 is 67.9 Å². The molecule has 18 nitrogen and oxygen atoms in total. The summed E-state index contributed by atoms with van der Waals surface area (Å²) < 4.78 is 77.4. The van der Waals surface area contributed by atoms with Gasteiger partial charge < -0.3 is 71.5 Å². The number of nitrogens with one attached hydrogen (secondary N) is 2. The van der Waals surface area contributed by atoms with Crippen LogP contribution in [0.2, 0.25) is 0 Å². The molecule has 19 heteroatoms. The van der Waals surface area contributed by atoms with E-state index in [4.69, 9.17) is 60.8 Å². The van der Waals surface area contributed by atoms with E-state index >= 15 is 8.42 Å². The number of hydrogen-bond acceptors (Lipinski definition) is 16. The molecule has 0 aliphatic carbocycles. The number of carbonyl (C=O) groups is 2. The molecule has 71 heavy (non-hydrogen) atoms. The number of methoxy groups -OCH3 is 8. The van der Waals surface area contributed by atoms with Crippen molar-refractivity contribution in [3.05, 3.63) is 143 Å². The second-order valence-corrected chi connectivity index (χ2v) is 17.8. The van der Waals surface area contributed by atoms with Crippen LogP contribution in [-0.4, -0.2) is 77.1 Å². The van der Waals surface area contributed by atoms with E-state index in [1.165, 1.54) is 130 Å². The van der Waals surface area contributed by atoms with Crippen molar-refractivity contribution in [3.63, 3.8) is 0 Å². The molecule has 0 aromatic heterocycles. The summed E-state index contributed by atoms with van der Waals surface area (Å²) in [5, 5.41) is 2.60. The molecule has 0 aliphatic rings. The molecule has 0 heterocycles. The number of sulfone groups is 1. The zero-order chi connectivity index (χ0) is 51.6. The highest BCUT2D eigenvalue weighted by molar-refractivity contribution is 7.92. The lowest BCUT2D eigenvalue weighted by atomic mass is 10.1. The van der Waals surface area contributed by atoms with E-state index in [1.54, 1.807) is 48.6 Å². The molecule has 10 N–H and O–H groups in total. The van der Waals surface area contributed by atoms with E-state index in [0.29, 0.717) is 45.6 Å². The molecule has 0 saturated carbocycles. The van der Waals surface area contributed by atoms with E-state index in [9.17, 15) is 9.59 Å². The smallest absolute Gasteiger partial charge is 0.255 e. The standard InChI is InChI=1S/C52H56N6O12S/c1-63-37-25-45(67-5)39(46(26-37)68-6)11-15-49(29-9-13-43(65-3)41(21-29)57-51(59)31-17-33(53)23-34(54)18-31)71(61,62)50(16-12-40-47(69-7)27-38(64-2)28-48(40)70-8)30-10-14-44(66-4)42(22-30)58-52(60)32-19-35(55)24-36(56)20-32/h9-28,49-50H,53-56H2,1-8H3,(H,57,59)(H,58,60)/b15-11+,16-12+. The van der Waals surface area contributed by atoms with Crippen LogP contribution in [0.4, 0.5) is 34.1 Å². The molecular weight excluding hydrogens is 933 g/mol. The van der Waals surface area contributed by atoms with Gasteiger partial charge in [0.1, 0.15) is 56.5 Å². The molecule has 0 fully saturated rings. The summed E-state index contributed by atoms with van der Waals surface area (Å²) in [4.78, 5) is 27.5. The first kappa shape index (κ1) is 51.7. The number of nitrogens with two attached hydrogens (primary N) is 4. The number of nitrogen functional groups attached to an aromatic ring is 4. The largest absolute Gasteiger partial charge is 0.496 e. The first-order valence-electron chi connectivity index (χ1n) is 21.5. The lowest BCUT2D eigenvalue weighted by Crippen LogP contribution is -2.20. The molecule has 2 amide bonds. The first-order valence-corrected chi connectivity index (χ1v) is 23.1. The SMILES string of the molecule is COc1cc(OC)c(/C=C/C(c2ccc(OC)c(NC(=O)c3cc(N)cc(N)c3)c2)S(=O)(=O)C(/C=C/c2c(OC)cc(OC)cc2OC)c2ccc(OC)c(NC(=O)c3cc(N)cc(N)c3)c2)c(OC)c1. The van der Waals surface area contributed by atoms with Crippen molar-refractivity contribution in [2.75, 3.05) is 90.4 Å². The Balaban J connectivity index is 1.62. The third-order valence-electron chi connectivity index (χ3n) is 11.2. The van der Waals surface area contributed by atoms with Gasteiger partial charge in [-0.3, -0.25) is 9.59 Å². The van der Waals surface area contributed by atoms with Crippen molar-refractivity contribution in [2.24, 2.45) is 0 Å². The van der Waals surface area contributed by atoms with Crippen molar-refractivity contribution in [3.8, 4) is 46.0 Å². The van der Waals surface area contributed by atoms with Crippen LogP contribution in [0.1, 0.15) is 53.5 Å². The van der Waals surface area contributed by atoms with Gasteiger partial charge in [0.2, 0.25) is 0 Å². The van der Waals surface area contributed by atoms with Crippen LogP contribution < -0.4 is 71.5 Å². The number of carbonyl (C=O) groups excluding carboxylic acids is 2. The number of amides is 2. The zero-order valence-corrected chi connectivity index (χ0v) is 41.1. The molecule has 0 bridgehead atoms. The van der Waals surface area contributed by atoms with Crippen LogP contribution in [0.3, 0.4) is 0 Å². The normalized spacial score (nSPS) is 12.2. The summed E-state index contributed by atoms with van der Waals surface area (Å²) in [7, 11) is 6.98. The Morgan fingerprint density at radius 2 is 0.746 bits per heavy atom. The van der Waals surface area contributed by atoms with E-state index in [-0.39, 0.29) is 67.9 Å². The molecule has 6 aromatic rings. The van der Waals surface area contributed by atoms with Crippen LogP contribution in [0.5, 0.6) is 46.0 Å². The van der Waals surface area contributed by atoms with Crippen molar-refractivity contribution in [1.82, 2.24) is 0 Å². The first-order chi connectivity index (χ1) is 34.0. The van der Waals surface area contributed by atoms with Gasteiger partial charge in [-0.05, 0) is 83.9 Å². The average molecular weight is 989 g/mol. The molecule has 6 rings (SSSR count). The molecule has 6 aromatic carbocycles. The Morgan fingerprint density at radius 3 is 1.03 bits per heavy atom. The van der Waals surface area contributed by atoms with Crippen molar-refractivity contribution in [1.29, 1.82) is 0 Å². The topological polar surface area (TPSA) is 270 Å². The number of anilines is 6. The van der Waals surface area contributed by atoms with Gasteiger partial charge in [0, 0.05) is 58.1 Å². The van der Waals surface area contributed by atoms with Gasteiger partial charge in [0.05, 0.1) is 79.4 Å². The van der Waals surface area contributed by atoms with Gasteiger partial charge in [-0.1, -0.05) is 24.3 Å². The van der Waals surface area contributed by atoms with Crippen LogP contribution >= 0.6 is 0 Å². The number of rotatable bonds is 20. The van der Waals surface area contributed by atoms with Gasteiger partial charge >= 0.3 is 0 Å². The molecule has 0 aliphatic heterocycles. The van der Waals surface area contributed by atoms with Crippen molar-refractivity contribution in [2.45, 2.75) is 10.5 Å². The Kier molecular flexibility index (Phi) is 16.4. The molecule has 2 unspecified atom stereocenters. The number of hydrogen-bond donors (Lipinski definition) is 6. The van der Waals surface area contributed by atoms with Crippen LogP contribution in [0.25, 0.3) is 12.2 Å². The monoisotopic (exact) mass is 988 g/mol. The van der Waals surface area contributed by atoms with Crippen LogP contribution in [-0.2, 0) is 9.84 Å². The van der Waals surface area contributed by atoms with E-state index in [2.05, 4.69) is 10.6 Å². The van der Waals surface area contributed by atoms with Crippen molar-refractivity contribution < 1.29 is 55.9 Å². The minimum absolute atomic E-state index is 0.126. The maximum absolute atomic E-state index is 16.1. The summed E-state index contributed by atoms with van der Waals surface area (Å²) in [6, 6.07) is 24.5. The third kappa shape index (κ3) is 11.8. The highest BCUT2D eigenvalue weighted by Crippen LogP contribution is 2.44. The molecule has 372 valence electrons. The zero-order valence-electron chi connectivity index (χ0n) is 40.3. The van der Waals surface area contributed by atoms with E-state index in [0.717, 1.165) is 0 Å². The van der Waals surface area contributed by atoms with Gasteiger partial charge in [0.15, 0.2) is 9.84 Å². The molecule has 2 atom stereocenters. The lowest BCUT2D eigenvalue weighted by molar-refractivity contribution is 0.101. The fourth-order valence-electron chi connectivity index (χ4n) is 7.74. The summed E-state index contributed by atoms with van der Waals surface area (Å²) in [5.74, 6) is 1.32. The highest BCUT2D eigenvalue weighted by Gasteiger charge is 2.35. The summed E-state index contributed by atoms with van der Waals surface area (Å²) in [6.45, 7) is 0. The Bertz CT molecular complexity index is 2830. The minimum Gasteiger partial charge on any atom is -0.496 e. The Labute approximate surface area is 411 Å². The van der Waals surface area contributed by atoms with E-state index < -0.39 is 32.2 Å². The van der Waals surface area contributed by atoms with Gasteiger partial charge in [-0.25, -0.2) is 8.42 Å². The minimum atomic E-state index is -4.63. The maximum Gasteiger partial charge on any atom is 0.255 e. The van der Waals surface area contributed by atoms with E-state index in [1.807, 2.05) is 0 Å². The third-order valence-corrected chi connectivity index (χ3v) is 13.4. The van der Waals surface area contributed by atoms with Gasteiger partial charge in [0.25, 0.3) is 11.8 Å². The van der Waals surface area contributed by atoms with Gasteiger partial charge in [-0.2, -0.15) is 0 Å². The number of benzene rings is 6. The predicted molar refractivity (Wildman–Crippen MR) is 277 cm³/mol. The Morgan fingerprint density at radius 1 is 0.437 bits per heavy atom. The average Bonchev–Trinajstić information content (AvgIpc) is 3.35. The quantitative estimate of drug-likeness (QED) is 0.0393. The summed E-state index contributed by atoms with van der Waals surface area (Å²) in [5.41, 5.74) is 26.8. The predicted octanol–water partition coefficient (Wildman–Crippen LogP) is 8.21. The summed E-state index contributed by atoms with van der Waals surface area (Å²) >= 11 is 0. The van der Waals surface area contributed by atoms with Crippen LogP contribution in [0.15, 0.2) is 109 Å². The maximum atomic E-state index is 16.1. The lowest BCUT2D eigenvalue weighted by Gasteiger charge is -2.24. The Hall–Kier alpha value is -8.71. The molecule has 0 radical (unpaired) electrons. The fourth-order valence-corrected chi connectivity index (χ4v) is 9.71. The molecular formula is C52H56N6O12S. The summed E-state index contributed by atoms with van der Waals surface area (Å²) in [6.07, 6.45) is 6.06. The molecule has 0 spiro atoms. The highest BCUT2D eigenvalue weighted by atomic mass is 32.2. The fraction of sp³-hybridized carbons (Fsp3) is 0.192.